The quantitative estimate of drug-likeness (QED) is 0.697. The van der Waals surface area contributed by atoms with Crippen molar-refractivity contribution in [2.24, 2.45) is 5.10 Å². The van der Waals surface area contributed by atoms with E-state index in [1.165, 1.54) is 12.3 Å². The minimum atomic E-state index is -0.509. The van der Waals surface area contributed by atoms with Gasteiger partial charge in [0.25, 0.3) is 5.91 Å². The first-order chi connectivity index (χ1) is 9.10. The highest BCUT2D eigenvalue weighted by Gasteiger charge is 2.14. The Hall–Kier alpha value is -1.73. The fraction of sp³-hybridized carbons (Fsp3) is 0.182. The van der Waals surface area contributed by atoms with Crippen molar-refractivity contribution in [3.05, 3.63) is 39.1 Å². The summed E-state index contributed by atoms with van der Waals surface area (Å²) in [5.74, 6) is -0.509. The van der Waals surface area contributed by atoms with E-state index < -0.39 is 5.91 Å². The predicted octanol–water partition coefficient (Wildman–Crippen LogP) is 2.52. The summed E-state index contributed by atoms with van der Waals surface area (Å²) in [5, 5.41) is 7.67. The minimum absolute atomic E-state index is 0.109. The number of thiophene rings is 1. The van der Waals surface area contributed by atoms with Gasteiger partial charge in [0.15, 0.2) is 10.8 Å². The zero-order valence-electron chi connectivity index (χ0n) is 9.93. The van der Waals surface area contributed by atoms with Crippen molar-refractivity contribution >= 4 is 35.1 Å². The summed E-state index contributed by atoms with van der Waals surface area (Å²) in [6, 6.07) is 2.89. The normalized spacial score (nSPS) is 11.1. The molecule has 2 rings (SSSR count). The summed E-state index contributed by atoms with van der Waals surface area (Å²) >= 11 is 6.81. The Morgan fingerprint density at radius 3 is 3.05 bits per heavy atom. The lowest BCUT2D eigenvalue weighted by Gasteiger charge is -1.95. The van der Waals surface area contributed by atoms with Crippen LogP contribution in [0.25, 0.3) is 0 Å². The van der Waals surface area contributed by atoms with Gasteiger partial charge in [0.05, 0.1) is 16.1 Å². The molecule has 0 aromatic carbocycles. The molecule has 0 aliphatic heterocycles. The molecule has 8 heteroatoms. The average Bonchev–Trinajstić information content (AvgIpc) is 2.95. The highest BCUT2D eigenvalue weighted by Crippen LogP contribution is 2.14. The van der Waals surface area contributed by atoms with Gasteiger partial charge in [0.2, 0.25) is 0 Å². The summed E-state index contributed by atoms with van der Waals surface area (Å²) in [5.41, 5.74) is 2.40. The largest absolute Gasteiger partial charge is 0.293 e. The van der Waals surface area contributed by atoms with Gasteiger partial charge in [-0.2, -0.15) is 14.6 Å². The maximum absolute atomic E-state index is 12.7. The molecule has 0 bridgehead atoms. The molecule has 2 heterocycles. The van der Waals surface area contributed by atoms with Gasteiger partial charge in [-0.25, -0.2) is 5.43 Å². The molecule has 0 atom stereocenters. The number of amides is 1. The summed E-state index contributed by atoms with van der Waals surface area (Å²) in [6.45, 7) is 2.50. The number of nitrogens with one attached hydrogen (secondary N) is 1. The van der Waals surface area contributed by atoms with Crippen LogP contribution in [0.2, 0.25) is 5.02 Å². The van der Waals surface area contributed by atoms with Crippen LogP contribution in [0.1, 0.15) is 22.3 Å². The number of hydrogen-bond donors (Lipinski definition) is 1. The maximum Gasteiger partial charge on any atom is 0.293 e. The predicted molar refractivity (Wildman–Crippen MR) is 72.2 cm³/mol. The van der Waals surface area contributed by atoms with Crippen LogP contribution < -0.4 is 5.43 Å². The summed E-state index contributed by atoms with van der Waals surface area (Å²) in [7, 11) is 0. The molecule has 1 N–H and O–H groups in total. The molecule has 0 unspecified atom stereocenters. The number of hydrazone groups is 1. The third-order valence-corrected chi connectivity index (χ3v) is 3.29. The maximum atomic E-state index is 12.7. The van der Waals surface area contributed by atoms with Crippen molar-refractivity contribution in [2.45, 2.75) is 13.5 Å². The SMILES string of the molecule is CCn1cc(Cl)c(C(=O)N/N=C\c2ccc(F)s2)n1. The van der Waals surface area contributed by atoms with Crippen molar-refractivity contribution in [1.82, 2.24) is 15.2 Å². The summed E-state index contributed by atoms with van der Waals surface area (Å²) in [6.07, 6.45) is 2.92. The van der Waals surface area contributed by atoms with E-state index in [0.29, 0.717) is 11.4 Å². The topological polar surface area (TPSA) is 59.3 Å². The molecule has 0 saturated heterocycles. The first kappa shape index (κ1) is 13.7. The van der Waals surface area contributed by atoms with Crippen molar-refractivity contribution in [3.8, 4) is 0 Å². The fourth-order valence-electron chi connectivity index (χ4n) is 1.32. The molecule has 2 aromatic heterocycles. The van der Waals surface area contributed by atoms with Crippen LogP contribution in [-0.2, 0) is 6.54 Å². The van der Waals surface area contributed by atoms with E-state index in [2.05, 4.69) is 15.6 Å². The number of halogens is 2. The third-order valence-electron chi connectivity index (χ3n) is 2.21. The molecule has 19 heavy (non-hydrogen) atoms. The van der Waals surface area contributed by atoms with E-state index in [-0.39, 0.29) is 15.8 Å². The Kier molecular flexibility index (Phi) is 4.28. The van der Waals surface area contributed by atoms with Crippen LogP contribution in [0.3, 0.4) is 0 Å². The second-order valence-electron chi connectivity index (χ2n) is 3.52. The molecule has 0 aliphatic rings. The number of carbonyl (C=O) groups excluding carboxylic acids is 1. The van der Waals surface area contributed by atoms with Gasteiger partial charge in [-0.3, -0.25) is 9.48 Å². The van der Waals surface area contributed by atoms with Crippen molar-refractivity contribution in [3.63, 3.8) is 0 Å². The molecule has 0 radical (unpaired) electrons. The second kappa shape index (κ2) is 5.94. The van der Waals surface area contributed by atoms with E-state index in [9.17, 15) is 9.18 Å². The first-order valence-electron chi connectivity index (χ1n) is 5.42. The van der Waals surface area contributed by atoms with Crippen LogP contribution >= 0.6 is 22.9 Å². The van der Waals surface area contributed by atoms with E-state index >= 15 is 0 Å². The van der Waals surface area contributed by atoms with E-state index in [1.54, 1.807) is 16.9 Å². The molecular formula is C11H10ClFN4OS. The number of rotatable bonds is 4. The lowest BCUT2D eigenvalue weighted by Crippen LogP contribution is -2.18. The Balaban J connectivity index is 2.01. The standard InChI is InChI=1S/C11H10ClFN4OS/c1-2-17-6-8(12)10(16-17)11(18)15-14-5-7-3-4-9(13)19-7/h3-6H,2H2,1H3,(H,15,18)/b14-5-. The highest BCUT2D eigenvalue weighted by molar-refractivity contribution is 7.12. The van der Waals surface area contributed by atoms with Gasteiger partial charge < -0.3 is 0 Å². The summed E-state index contributed by atoms with van der Waals surface area (Å²) in [4.78, 5) is 12.3. The Bertz CT molecular complexity index is 622. The van der Waals surface area contributed by atoms with Gasteiger partial charge >= 0.3 is 0 Å². The Labute approximate surface area is 117 Å². The molecule has 0 saturated carbocycles. The van der Waals surface area contributed by atoms with E-state index in [4.69, 9.17) is 11.6 Å². The molecule has 2 aromatic rings. The van der Waals surface area contributed by atoms with Gasteiger partial charge in [-0.15, -0.1) is 11.3 Å². The number of aromatic nitrogens is 2. The first-order valence-corrected chi connectivity index (χ1v) is 6.61. The van der Waals surface area contributed by atoms with Crippen molar-refractivity contribution < 1.29 is 9.18 Å². The van der Waals surface area contributed by atoms with Gasteiger partial charge in [-0.1, -0.05) is 11.6 Å². The number of carbonyl (C=O) groups is 1. The highest BCUT2D eigenvalue weighted by atomic mass is 35.5. The lowest BCUT2D eigenvalue weighted by atomic mass is 10.4. The monoisotopic (exact) mass is 300 g/mol. The van der Waals surface area contributed by atoms with Crippen LogP contribution in [-0.4, -0.2) is 21.9 Å². The molecule has 1 amide bonds. The molecule has 0 aliphatic carbocycles. The zero-order valence-corrected chi connectivity index (χ0v) is 11.5. The fourth-order valence-corrected chi connectivity index (χ4v) is 2.16. The van der Waals surface area contributed by atoms with Crippen LogP contribution in [0.5, 0.6) is 0 Å². The van der Waals surface area contributed by atoms with Crippen LogP contribution in [0.4, 0.5) is 4.39 Å². The minimum Gasteiger partial charge on any atom is -0.271 e. The van der Waals surface area contributed by atoms with Gasteiger partial charge in [-0.05, 0) is 19.1 Å². The number of hydrogen-bond acceptors (Lipinski definition) is 4. The smallest absolute Gasteiger partial charge is 0.271 e. The zero-order chi connectivity index (χ0) is 13.8. The third kappa shape index (κ3) is 3.39. The molecular weight excluding hydrogens is 291 g/mol. The number of aryl methyl sites for hydroxylation is 1. The Morgan fingerprint density at radius 1 is 1.68 bits per heavy atom. The van der Waals surface area contributed by atoms with E-state index in [1.807, 2.05) is 6.92 Å². The molecule has 5 nitrogen and oxygen atoms in total. The lowest BCUT2D eigenvalue weighted by molar-refractivity contribution is 0.0949. The molecule has 0 spiro atoms. The van der Waals surface area contributed by atoms with Gasteiger partial charge in [0.1, 0.15) is 0 Å². The van der Waals surface area contributed by atoms with Crippen LogP contribution in [0.15, 0.2) is 23.4 Å². The Morgan fingerprint density at radius 2 is 2.47 bits per heavy atom. The number of nitrogens with zero attached hydrogens (tertiary/aromatic N) is 3. The second-order valence-corrected chi connectivity index (χ2v) is 5.00. The van der Waals surface area contributed by atoms with Crippen LogP contribution in [0, 0.1) is 5.13 Å². The van der Waals surface area contributed by atoms with Gasteiger partial charge in [0, 0.05) is 12.7 Å². The molecule has 100 valence electrons. The van der Waals surface area contributed by atoms with Crippen molar-refractivity contribution in [2.75, 3.05) is 0 Å². The van der Waals surface area contributed by atoms with E-state index in [0.717, 1.165) is 11.3 Å². The average molecular weight is 301 g/mol. The molecule has 0 fully saturated rings. The summed E-state index contributed by atoms with van der Waals surface area (Å²) < 4.78 is 14.3. The van der Waals surface area contributed by atoms with Crippen molar-refractivity contribution in [1.29, 1.82) is 0 Å².